The Labute approximate surface area is 194 Å². The van der Waals surface area contributed by atoms with Crippen molar-refractivity contribution in [3.05, 3.63) is 69.1 Å². The van der Waals surface area contributed by atoms with Gasteiger partial charge < -0.3 is 10.6 Å². The van der Waals surface area contributed by atoms with E-state index >= 15 is 0 Å². The number of benzene rings is 1. The summed E-state index contributed by atoms with van der Waals surface area (Å²) in [4.78, 5) is 30.7. The maximum atomic E-state index is 13.2. The van der Waals surface area contributed by atoms with Gasteiger partial charge in [-0.1, -0.05) is 35.4 Å². The molecule has 2 aromatic heterocycles. The van der Waals surface area contributed by atoms with Gasteiger partial charge >= 0.3 is 0 Å². The van der Waals surface area contributed by atoms with Gasteiger partial charge in [0.15, 0.2) is 5.82 Å². The molecule has 0 aliphatic heterocycles. The number of rotatable bonds is 6. The second-order valence-electron chi connectivity index (χ2n) is 6.88. The molecule has 0 aliphatic rings. The van der Waals surface area contributed by atoms with E-state index in [0.29, 0.717) is 37.7 Å². The molecule has 3 aromatic rings. The highest BCUT2D eigenvalue weighted by atomic mass is 35.5. The average Bonchev–Trinajstić information content (AvgIpc) is 3.09. The number of halogens is 2. The molecular weight excluding hydrogens is 457 g/mol. The van der Waals surface area contributed by atoms with Crippen LogP contribution in [-0.4, -0.2) is 38.0 Å². The maximum Gasteiger partial charge on any atom is 0.274 e. The minimum Gasteiger partial charge on any atom is -0.347 e. The van der Waals surface area contributed by atoms with E-state index < -0.39 is 11.8 Å². The minimum atomic E-state index is -0.479. The smallest absolute Gasteiger partial charge is 0.274 e. The zero-order valence-electron chi connectivity index (χ0n) is 17.0. The summed E-state index contributed by atoms with van der Waals surface area (Å²) in [5, 5.41) is 10.6. The van der Waals surface area contributed by atoms with E-state index in [4.69, 9.17) is 35.4 Å². The zero-order valence-corrected chi connectivity index (χ0v) is 19.3. The fourth-order valence-electron chi connectivity index (χ4n) is 2.92. The number of carbonyl (C=O) groups excluding carboxylic acids is 2. The van der Waals surface area contributed by atoms with Gasteiger partial charge in [-0.2, -0.15) is 5.10 Å². The second kappa shape index (κ2) is 9.55. The van der Waals surface area contributed by atoms with Crippen LogP contribution < -0.4 is 10.6 Å². The minimum absolute atomic E-state index is 0.216. The molecule has 0 spiro atoms. The summed E-state index contributed by atoms with van der Waals surface area (Å²) in [6.07, 6.45) is 1.56. The predicted molar refractivity (Wildman–Crippen MR) is 126 cm³/mol. The lowest BCUT2D eigenvalue weighted by atomic mass is 10.1. The third kappa shape index (κ3) is 5.28. The molecule has 160 valence electrons. The molecule has 0 unspecified atom stereocenters. The summed E-state index contributed by atoms with van der Waals surface area (Å²) in [6, 6.07) is 8.12. The van der Waals surface area contributed by atoms with Crippen LogP contribution in [0.4, 0.5) is 5.69 Å². The third-order valence-corrected chi connectivity index (χ3v) is 4.94. The molecule has 3 rings (SSSR count). The highest BCUT2D eigenvalue weighted by molar-refractivity contribution is 7.80. The number of pyridine rings is 1. The van der Waals surface area contributed by atoms with Crippen LogP contribution in [-0.2, 0) is 0 Å². The van der Waals surface area contributed by atoms with Gasteiger partial charge in [-0.05, 0) is 56.7 Å². The van der Waals surface area contributed by atoms with Crippen LogP contribution in [0.5, 0.6) is 0 Å². The topological polar surface area (TPSA) is 88.9 Å². The van der Waals surface area contributed by atoms with Crippen LogP contribution in [0.1, 0.15) is 39.0 Å². The summed E-state index contributed by atoms with van der Waals surface area (Å²) in [5.41, 5.74) is 2.02. The third-order valence-electron chi connectivity index (χ3n) is 4.29. The Hall–Kier alpha value is -2.81. The number of hydrogen-bond acceptors (Lipinski definition) is 5. The van der Waals surface area contributed by atoms with Gasteiger partial charge in [0, 0.05) is 22.6 Å². The van der Waals surface area contributed by atoms with E-state index in [1.165, 1.54) is 10.7 Å². The number of aryl methyl sites for hydroxylation is 2. The molecule has 7 nitrogen and oxygen atoms in total. The number of thiocarbonyl (C=S) groups is 1. The summed E-state index contributed by atoms with van der Waals surface area (Å²) in [6.45, 7) is 5.47. The lowest BCUT2D eigenvalue weighted by Crippen LogP contribution is -2.29. The first-order valence-electron chi connectivity index (χ1n) is 9.24. The second-order valence-corrected chi connectivity index (χ2v) is 8.42. The molecule has 0 atom stereocenters. The number of amides is 2. The van der Waals surface area contributed by atoms with Crippen LogP contribution in [0, 0.1) is 13.8 Å². The van der Waals surface area contributed by atoms with E-state index in [-0.39, 0.29) is 17.8 Å². The van der Waals surface area contributed by atoms with Gasteiger partial charge in [0.25, 0.3) is 11.8 Å². The highest BCUT2D eigenvalue weighted by Gasteiger charge is 2.22. The molecule has 10 heteroatoms. The Kier molecular flexibility index (Phi) is 7.04. The normalized spacial score (nSPS) is 10.6. The largest absolute Gasteiger partial charge is 0.347 e. The number of nitrogens with zero attached hydrogens (tertiary/aromatic N) is 3. The van der Waals surface area contributed by atoms with Gasteiger partial charge in [-0.3, -0.25) is 9.59 Å². The van der Waals surface area contributed by atoms with Gasteiger partial charge in [-0.25, -0.2) is 9.67 Å². The first-order chi connectivity index (χ1) is 14.7. The molecule has 0 aliphatic carbocycles. The molecule has 2 amide bonds. The van der Waals surface area contributed by atoms with Crippen LogP contribution in [0.3, 0.4) is 0 Å². The van der Waals surface area contributed by atoms with Crippen molar-refractivity contribution >= 4 is 57.8 Å². The van der Waals surface area contributed by atoms with Gasteiger partial charge in [0.1, 0.15) is 5.69 Å². The molecule has 1 aromatic carbocycles. The van der Waals surface area contributed by atoms with Crippen molar-refractivity contribution in [2.45, 2.75) is 20.8 Å². The molecule has 0 radical (unpaired) electrons. The van der Waals surface area contributed by atoms with Crippen molar-refractivity contribution in [3.8, 4) is 5.82 Å². The SMILES string of the molecule is CC(=S)CNC(=O)c1cc(Cl)cc(C)c1NC(=O)c1cc(C)nn1-c1ncccc1Cl. The number of carbonyl (C=O) groups is 2. The molecule has 0 saturated heterocycles. The molecule has 0 bridgehead atoms. The number of anilines is 1. The lowest BCUT2D eigenvalue weighted by Gasteiger charge is -2.15. The molecule has 2 heterocycles. The fourth-order valence-corrected chi connectivity index (χ4v) is 3.47. The summed E-state index contributed by atoms with van der Waals surface area (Å²) in [5.74, 6) is -0.556. The van der Waals surface area contributed by atoms with Crippen molar-refractivity contribution in [2.75, 3.05) is 11.9 Å². The Morgan fingerprint density at radius 1 is 1.16 bits per heavy atom. The van der Waals surface area contributed by atoms with Gasteiger partial charge in [0.2, 0.25) is 0 Å². The molecule has 31 heavy (non-hydrogen) atoms. The summed E-state index contributed by atoms with van der Waals surface area (Å²) < 4.78 is 1.37. The molecule has 2 N–H and O–H groups in total. The quantitative estimate of drug-likeness (QED) is 0.509. The number of aromatic nitrogens is 3. The van der Waals surface area contributed by atoms with E-state index in [0.717, 1.165) is 0 Å². The zero-order chi connectivity index (χ0) is 22.7. The summed E-state index contributed by atoms with van der Waals surface area (Å²) in [7, 11) is 0. The molecule has 0 saturated carbocycles. The van der Waals surface area contributed by atoms with E-state index in [1.807, 2.05) is 0 Å². The van der Waals surface area contributed by atoms with E-state index in [9.17, 15) is 9.59 Å². The fraction of sp³-hybridized carbons (Fsp3) is 0.190. The first kappa shape index (κ1) is 22.9. The Balaban J connectivity index is 1.99. The Morgan fingerprint density at radius 2 is 1.90 bits per heavy atom. The highest BCUT2D eigenvalue weighted by Crippen LogP contribution is 2.27. The van der Waals surface area contributed by atoms with Crippen molar-refractivity contribution in [1.29, 1.82) is 0 Å². The predicted octanol–water partition coefficient (Wildman–Crippen LogP) is 4.56. The standard InChI is InChI=1S/C21H19Cl2N5O2S/c1-11-7-14(22)9-15(20(29)25-10-13(3)31)18(11)26-21(30)17-8-12(2)27-28(17)19-16(23)5-4-6-24-19/h4-9H,10H2,1-3H3,(H,25,29)(H,26,30). The Morgan fingerprint density at radius 3 is 2.58 bits per heavy atom. The first-order valence-corrected chi connectivity index (χ1v) is 10.4. The molecular formula is C21H19Cl2N5O2S. The van der Waals surface area contributed by atoms with Crippen LogP contribution in [0.15, 0.2) is 36.5 Å². The maximum absolute atomic E-state index is 13.2. The van der Waals surface area contributed by atoms with Gasteiger partial charge in [-0.15, -0.1) is 0 Å². The average molecular weight is 476 g/mol. The Bertz CT molecular complexity index is 1190. The van der Waals surface area contributed by atoms with E-state index in [2.05, 4.69) is 20.7 Å². The monoisotopic (exact) mass is 475 g/mol. The molecule has 0 fully saturated rings. The summed E-state index contributed by atoms with van der Waals surface area (Å²) >= 11 is 17.4. The van der Waals surface area contributed by atoms with Crippen molar-refractivity contribution in [3.63, 3.8) is 0 Å². The van der Waals surface area contributed by atoms with Crippen LogP contribution in [0.2, 0.25) is 10.0 Å². The van der Waals surface area contributed by atoms with E-state index in [1.54, 1.807) is 51.2 Å². The van der Waals surface area contributed by atoms with Crippen LogP contribution >= 0.6 is 35.4 Å². The number of nitrogens with one attached hydrogen (secondary N) is 2. The number of hydrogen-bond donors (Lipinski definition) is 2. The lowest BCUT2D eigenvalue weighted by molar-refractivity contribution is 0.0960. The van der Waals surface area contributed by atoms with Crippen molar-refractivity contribution in [1.82, 2.24) is 20.1 Å². The van der Waals surface area contributed by atoms with Crippen LogP contribution in [0.25, 0.3) is 5.82 Å². The van der Waals surface area contributed by atoms with Crippen molar-refractivity contribution < 1.29 is 9.59 Å². The van der Waals surface area contributed by atoms with Crippen molar-refractivity contribution in [2.24, 2.45) is 0 Å². The van der Waals surface area contributed by atoms with Gasteiger partial charge in [0.05, 0.1) is 22.0 Å².